The van der Waals surface area contributed by atoms with E-state index in [1.807, 2.05) is 42.5 Å². The first-order valence-electron chi connectivity index (χ1n) is 10.7. The Morgan fingerprint density at radius 3 is 2.50 bits per heavy atom. The molecule has 166 valence electrons. The number of rotatable bonds is 6. The average molecular weight is 452 g/mol. The first-order valence-corrected chi connectivity index (χ1v) is 11.1. The number of amides is 1. The molecule has 1 amide bonds. The van der Waals surface area contributed by atoms with Gasteiger partial charge in [-0.1, -0.05) is 48.9 Å². The van der Waals surface area contributed by atoms with Crippen LogP contribution in [-0.4, -0.2) is 53.3 Å². The number of aromatic nitrogens is 2. The molecule has 8 heteroatoms. The average Bonchev–Trinajstić information content (AvgIpc) is 2.81. The molecule has 0 bridgehead atoms. The van der Waals surface area contributed by atoms with Crippen molar-refractivity contribution in [3.05, 3.63) is 76.0 Å². The number of carbonyl (C=O) groups is 1. The van der Waals surface area contributed by atoms with Gasteiger partial charge in [0.25, 0.3) is 5.56 Å². The maximum absolute atomic E-state index is 12.8. The van der Waals surface area contributed by atoms with E-state index in [1.165, 1.54) is 10.7 Å². The molecule has 0 atom stereocenters. The van der Waals surface area contributed by atoms with Gasteiger partial charge in [-0.15, -0.1) is 0 Å². The van der Waals surface area contributed by atoms with Gasteiger partial charge in [-0.05, 0) is 30.8 Å². The minimum absolute atomic E-state index is 0.185. The summed E-state index contributed by atoms with van der Waals surface area (Å²) < 4.78 is 1.18. The van der Waals surface area contributed by atoms with Crippen LogP contribution in [0.5, 0.6) is 0 Å². The van der Waals surface area contributed by atoms with Crippen LogP contribution in [0.2, 0.25) is 5.02 Å². The fourth-order valence-corrected chi connectivity index (χ4v) is 4.01. The number of hydrogen-bond acceptors (Lipinski definition) is 5. The molecule has 1 saturated heterocycles. The molecule has 3 aromatic rings. The topological polar surface area (TPSA) is 70.5 Å². The van der Waals surface area contributed by atoms with Gasteiger partial charge in [0.05, 0.1) is 17.1 Å². The monoisotopic (exact) mass is 451 g/mol. The van der Waals surface area contributed by atoms with Crippen LogP contribution in [0.15, 0.2) is 65.5 Å². The molecule has 0 radical (unpaired) electrons. The van der Waals surface area contributed by atoms with E-state index in [1.54, 1.807) is 12.1 Å². The maximum atomic E-state index is 12.8. The molecule has 1 aliphatic heterocycles. The number of halogens is 1. The van der Waals surface area contributed by atoms with Gasteiger partial charge in [-0.3, -0.25) is 9.59 Å². The Morgan fingerprint density at radius 2 is 1.78 bits per heavy atom. The molecule has 0 saturated carbocycles. The lowest BCUT2D eigenvalue weighted by molar-refractivity contribution is -0.117. The SMILES string of the molecule is CCN1CCN(c2ccc(Cl)cc2NC(=O)Cn2nc(-c3ccccc3)ccc2=O)CC1. The quantitative estimate of drug-likeness (QED) is 0.622. The Hall–Kier alpha value is -3.16. The highest BCUT2D eigenvalue weighted by Gasteiger charge is 2.19. The molecule has 1 aromatic heterocycles. The Balaban J connectivity index is 1.51. The molecule has 32 heavy (non-hydrogen) atoms. The van der Waals surface area contributed by atoms with Crippen molar-refractivity contribution < 1.29 is 4.79 Å². The first kappa shape index (κ1) is 22.0. The van der Waals surface area contributed by atoms with E-state index in [0.717, 1.165) is 44.0 Å². The number of piperazine rings is 1. The standard InChI is InChI=1S/C24H26ClN5O2/c1-2-28-12-14-29(15-13-28)22-10-8-19(25)16-21(22)26-23(31)17-30-24(32)11-9-20(27-30)18-6-4-3-5-7-18/h3-11,16H,2,12-15,17H2,1H3,(H,26,31). The minimum atomic E-state index is -0.333. The summed E-state index contributed by atoms with van der Waals surface area (Å²) in [5, 5.41) is 7.84. The third kappa shape index (κ3) is 5.18. The van der Waals surface area contributed by atoms with Crippen LogP contribution in [-0.2, 0) is 11.3 Å². The zero-order chi connectivity index (χ0) is 22.5. The largest absolute Gasteiger partial charge is 0.367 e. The number of nitrogens with zero attached hydrogens (tertiary/aromatic N) is 4. The zero-order valence-electron chi connectivity index (χ0n) is 18.0. The third-order valence-electron chi connectivity index (χ3n) is 5.62. The van der Waals surface area contributed by atoms with Crippen LogP contribution in [0.1, 0.15) is 6.92 Å². The Bertz CT molecular complexity index is 1140. The molecular formula is C24H26ClN5O2. The molecule has 1 N–H and O–H groups in total. The van der Waals surface area contributed by atoms with Crippen molar-refractivity contribution in [2.24, 2.45) is 0 Å². The van der Waals surface area contributed by atoms with Gasteiger partial charge < -0.3 is 15.1 Å². The van der Waals surface area contributed by atoms with Crippen molar-refractivity contribution in [2.45, 2.75) is 13.5 Å². The van der Waals surface area contributed by atoms with E-state index in [0.29, 0.717) is 16.4 Å². The van der Waals surface area contributed by atoms with Crippen LogP contribution in [0.25, 0.3) is 11.3 Å². The summed E-state index contributed by atoms with van der Waals surface area (Å²) in [6.07, 6.45) is 0. The van der Waals surface area contributed by atoms with Crippen molar-refractivity contribution in [1.82, 2.24) is 14.7 Å². The van der Waals surface area contributed by atoms with Crippen LogP contribution >= 0.6 is 11.6 Å². The molecule has 4 rings (SSSR count). The maximum Gasteiger partial charge on any atom is 0.267 e. The predicted molar refractivity (Wildman–Crippen MR) is 128 cm³/mol. The number of hydrogen-bond donors (Lipinski definition) is 1. The lowest BCUT2D eigenvalue weighted by Crippen LogP contribution is -2.46. The van der Waals surface area contributed by atoms with E-state index in [2.05, 4.69) is 27.1 Å². The Kier molecular flexibility index (Phi) is 6.87. The highest BCUT2D eigenvalue weighted by Crippen LogP contribution is 2.30. The minimum Gasteiger partial charge on any atom is -0.367 e. The van der Waals surface area contributed by atoms with Gasteiger partial charge in [0.2, 0.25) is 5.91 Å². The van der Waals surface area contributed by atoms with Gasteiger partial charge >= 0.3 is 0 Å². The molecule has 1 aliphatic rings. The van der Waals surface area contributed by atoms with E-state index < -0.39 is 0 Å². The fourth-order valence-electron chi connectivity index (χ4n) is 3.84. The summed E-state index contributed by atoms with van der Waals surface area (Å²) in [5.74, 6) is -0.333. The van der Waals surface area contributed by atoms with Crippen LogP contribution in [0, 0.1) is 0 Å². The summed E-state index contributed by atoms with van der Waals surface area (Å²) in [4.78, 5) is 29.8. The molecule has 2 aromatic carbocycles. The second-order valence-electron chi connectivity index (χ2n) is 7.71. The number of benzene rings is 2. The summed E-state index contributed by atoms with van der Waals surface area (Å²) in [6, 6.07) is 18.1. The van der Waals surface area contributed by atoms with Gasteiger partial charge in [0.15, 0.2) is 0 Å². The van der Waals surface area contributed by atoms with E-state index in [9.17, 15) is 9.59 Å². The number of nitrogens with one attached hydrogen (secondary N) is 1. The molecule has 0 unspecified atom stereocenters. The number of anilines is 2. The highest BCUT2D eigenvalue weighted by atomic mass is 35.5. The van der Waals surface area contributed by atoms with Gasteiger partial charge in [-0.2, -0.15) is 5.10 Å². The van der Waals surface area contributed by atoms with Gasteiger partial charge in [-0.25, -0.2) is 4.68 Å². The summed E-state index contributed by atoms with van der Waals surface area (Å²) in [6.45, 7) is 6.69. The second-order valence-corrected chi connectivity index (χ2v) is 8.15. The Morgan fingerprint density at radius 1 is 1.03 bits per heavy atom. The lowest BCUT2D eigenvalue weighted by atomic mass is 10.1. The molecule has 0 spiro atoms. The molecule has 7 nitrogen and oxygen atoms in total. The predicted octanol–water partition coefficient (Wildman–Crippen LogP) is 3.34. The van der Waals surface area contributed by atoms with E-state index in [4.69, 9.17) is 11.6 Å². The number of likely N-dealkylation sites (N-methyl/N-ethyl adjacent to an activating group) is 1. The second kappa shape index (κ2) is 9.97. The third-order valence-corrected chi connectivity index (χ3v) is 5.86. The van der Waals surface area contributed by atoms with E-state index in [-0.39, 0.29) is 18.0 Å². The molecule has 0 aliphatic carbocycles. The summed E-state index contributed by atoms with van der Waals surface area (Å²) >= 11 is 6.21. The lowest BCUT2D eigenvalue weighted by Gasteiger charge is -2.36. The van der Waals surface area contributed by atoms with Crippen molar-refractivity contribution in [2.75, 3.05) is 42.9 Å². The van der Waals surface area contributed by atoms with Crippen LogP contribution in [0.4, 0.5) is 11.4 Å². The molecule has 1 fully saturated rings. The van der Waals surface area contributed by atoms with Gasteiger partial charge in [0, 0.05) is 42.8 Å². The normalized spacial score (nSPS) is 14.4. The molecular weight excluding hydrogens is 426 g/mol. The molecule has 2 heterocycles. The first-order chi connectivity index (χ1) is 15.5. The van der Waals surface area contributed by atoms with Crippen molar-refractivity contribution in [1.29, 1.82) is 0 Å². The Labute approximate surface area is 192 Å². The van der Waals surface area contributed by atoms with Gasteiger partial charge in [0.1, 0.15) is 6.54 Å². The zero-order valence-corrected chi connectivity index (χ0v) is 18.8. The van der Waals surface area contributed by atoms with E-state index >= 15 is 0 Å². The summed E-state index contributed by atoms with van der Waals surface area (Å²) in [5.41, 5.74) is 2.75. The smallest absolute Gasteiger partial charge is 0.267 e. The van der Waals surface area contributed by atoms with Crippen molar-refractivity contribution in [3.8, 4) is 11.3 Å². The van der Waals surface area contributed by atoms with Crippen LogP contribution in [0.3, 0.4) is 0 Å². The number of carbonyl (C=O) groups excluding carboxylic acids is 1. The highest BCUT2D eigenvalue weighted by molar-refractivity contribution is 6.31. The van der Waals surface area contributed by atoms with Crippen molar-refractivity contribution >= 4 is 28.9 Å². The summed E-state index contributed by atoms with van der Waals surface area (Å²) in [7, 11) is 0. The van der Waals surface area contributed by atoms with Crippen LogP contribution < -0.4 is 15.8 Å². The fraction of sp³-hybridized carbons (Fsp3) is 0.292. The van der Waals surface area contributed by atoms with Crippen molar-refractivity contribution in [3.63, 3.8) is 0 Å².